The number of ether oxygens (including phenoxy) is 1. The van der Waals surface area contributed by atoms with E-state index in [2.05, 4.69) is 0 Å². The van der Waals surface area contributed by atoms with Crippen molar-refractivity contribution in [2.75, 3.05) is 4.90 Å². The predicted octanol–water partition coefficient (Wildman–Crippen LogP) is 2.73. The van der Waals surface area contributed by atoms with Crippen LogP contribution in [0.4, 0.5) is 5.69 Å². The van der Waals surface area contributed by atoms with Gasteiger partial charge in [-0.25, -0.2) is 9.69 Å². The molecular weight excluding hydrogens is 306 g/mol. The number of amides is 2. The quantitative estimate of drug-likeness (QED) is 0.376. The van der Waals surface area contributed by atoms with Crippen LogP contribution in [0.1, 0.15) is 5.56 Å². The number of rotatable bonds is 4. The second kappa shape index (κ2) is 6.75. The number of carbonyl (C=O) groups is 3. The van der Waals surface area contributed by atoms with Gasteiger partial charge in [0.05, 0.1) is 5.69 Å². The number of esters is 1. The van der Waals surface area contributed by atoms with Crippen molar-refractivity contribution < 1.29 is 19.1 Å². The maximum absolute atomic E-state index is 11.8. The lowest BCUT2D eigenvalue weighted by Gasteiger charge is -2.13. The summed E-state index contributed by atoms with van der Waals surface area (Å²) in [4.78, 5) is 36.0. The molecule has 2 amide bonds. The van der Waals surface area contributed by atoms with Crippen molar-refractivity contribution in [1.29, 1.82) is 0 Å². The highest BCUT2D eigenvalue weighted by molar-refractivity contribution is 6.28. The Morgan fingerprint density at radius 1 is 0.875 bits per heavy atom. The first-order valence-electron chi connectivity index (χ1n) is 7.24. The van der Waals surface area contributed by atoms with E-state index in [0.717, 1.165) is 10.5 Å². The van der Waals surface area contributed by atoms with Crippen molar-refractivity contribution in [3.63, 3.8) is 0 Å². The Morgan fingerprint density at radius 2 is 1.50 bits per heavy atom. The van der Waals surface area contributed by atoms with Gasteiger partial charge in [0.2, 0.25) is 0 Å². The summed E-state index contributed by atoms with van der Waals surface area (Å²) >= 11 is 0. The second-order valence-electron chi connectivity index (χ2n) is 5.00. The summed E-state index contributed by atoms with van der Waals surface area (Å²) in [5.74, 6) is -0.971. The maximum Gasteiger partial charge on any atom is 0.336 e. The highest BCUT2D eigenvalue weighted by atomic mass is 16.5. The zero-order valence-electron chi connectivity index (χ0n) is 12.6. The minimum atomic E-state index is -0.512. The molecule has 1 aliphatic rings. The summed E-state index contributed by atoms with van der Waals surface area (Å²) in [6, 6.07) is 15.5. The molecule has 5 nitrogen and oxygen atoms in total. The third-order valence-electron chi connectivity index (χ3n) is 3.33. The summed E-state index contributed by atoms with van der Waals surface area (Å²) in [6.07, 6.45) is 5.42. The van der Waals surface area contributed by atoms with Gasteiger partial charge in [-0.15, -0.1) is 0 Å². The van der Waals surface area contributed by atoms with Gasteiger partial charge in [-0.1, -0.05) is 30.3 Å². The maximum atomic E-state index is 11.8. The van der Waals surface area contributed by atoms with Crippen LogP contribution in [0.2, 0.25) is 0 Å². The Labute approximate surface area is 138 Å². The summed E-state index contributed by atoms with van der Waals surface area (Å²) < 4.78 is 5.18. The Kier molecular flexibility index (Phi) is 4.34. The minimum absolute atomic E-state index is 0.327. The van der Waals surface area contributed by atoms with Gasteiger partial charge in [-0.3, -0.25) is 9.59 Å². The van der Waals surface area contributed by atoms with Crippen molar-refractivity contribution in [2.45, 2.75) is 0 Å². The van der Waals surface area contributed by atoms with Crippen LogP contribution in [0.5, 0.6) is 5.75 Å². The number of hydrogen-bond acceptors (Lipinski definition) is 4. The normalized spacial score (nSPS) is 13.8. The Balaban J connectivity index is 1.64. The number of benzene rings is 2. The van der Waals surface area contributed by atoms with Crippen molar-refractivity contribution in [2.24, 2.45) is 0 Å². The molecule has 5 heteroatoms. The monoisotopic (exact) mass is 319 g/mol. The lowest BCUT2D eigenvalue weighted by molar-refractivity contribution is -0.129. The van der Waals surface area contributed by atoms with E-state index in [1.54, 1.807) is 18.2 Å². The zero-order valence-corrected chi connectivity index (χ0v) is 12.6. The van der Waals surface area contributed by atoms with Crippen LogP contribution in [-0.2, 0) is 14.4 Å². The van der Waals surface area contributed by atoms with E-state index in [1.165, 1.54) is 30.4 Å². The van der Waals surface area contributed by atoms with E-state index in [0.29, 0.717) is 11.4 Å². The molecule has 24 heavy (non-hydrogen) atoms. The lowest BCUT2D eigenvalue weighted by Crippen LogP contribution is -2.29. The fourth-order valence-electron chi connectivity index (χ4n) is 2.20. The van der Waals surface area contributed by atoms with Crippen molar-refractivity contribution in [1.82, 2.24) is 0 Å². The molecule has 0 aromatic heterocycles. The molecule has 1 aliphatic heterocycles. The molecule has 118 valence electrons. The van der Waals surface area contributed by atoms with E-state index in [4.69, 9.17) is 4.74 Å². The van der Waals surface area contributed by atoms with E-state index >= 15 is 0 Å². The lowest BCUT2D eigenvalue weighted by atomic mass is 10.2. The molecule has 0 fully saturated rings. The third-order valence-corrected chi connectivity index (χ3v) is 3.33. The fourth-order valence-corrected chi connectivity index (χ4v) is 2.20. The Bertz CT molecular complexity index is 817. The smallest absolute Gasteiger partial charge is 0.336 e. The minimum Gasteiger partial charge on any atom is -0.423 e. The highest BCUT2D eigenvalue weighted by Gasteiger charge is 2.24. The highest BCUT2D eigenvalue weighted by Crippen LogP contribution is 2.22. The van der Waals surface area contributed by atoms with Crippen LogP contribution in [0.3, 0.4) is 0 Å². The third kappa shape index (κ3) is 3.47. The van der Waals surface area contributed by atoms with Crippen LogP contribution >= 0.6 is 0 Å². The van der Waals surface area contributed by atoms with Gasteiger partial charge in [-0.2, -0.15) is 0 Å². The molecule has 0 aliphatic carbocycles. The average molecular weight is 319 g/mol. The fraction of sp³-hybridized carbons (Fsp3) is 0. The number of carbonyl (C=O) groups excluding carboxylic acids is 3. The molecule has 3 rings (SSSR count). The summed E-state index contributed by atoms with van der Waals surface area (Å²) in [6.45, 7) is 0. The zero-order chi connectivity index (χ0) is 16.9. The molecule has 2 aromatic carbocycles. The van der Waals surface area contributed by atoms with E-state index < -0.39 is 17.8 Å². The number of imide groups is 1. The van der Waals surface area contributed by atoms with Crippen molar-refractivity contribution in [3.05, 3.63) is 78.4 Å². The summed E-state index contributed by atoms with van der Waals surface area (Å²) in [7, 11) is 0. The van der Waals surface area contributed by atoms with Crippen LogP contribution in [0.25, 0.3) is 6.08 Å². The molecule has 2 aromatic rings. The molecule has 0 unspecified atom stereocenters. The Morgan fingerprint density at radius 3 is 2.12 bits per heavy atom. The average Bonchev–Trinajstić information content (AvgIpc) is 2.93. The first kappa shape index (κ1) is 15.4. The van der Waals surface area contributed by atoms with Gasteiger partial charge in [0.15, 0.2) is 0 Å². The second-order valence-corrected chi connectivity index (χ2v) is 5.00. The number of hydrogen-bond donors (Lipinski definition) is 0. The summed E-state index contributed by atoms with van der Waals surface area (Å²) in [5.41, 5.74) is 1.32. The van der Waals surface area contributed by atoms with Gasteiger partial charge in [0.25, 0.3) is 11.8 Å². The van der Waals surface area contributed by atoms with Gasteiger partial charge in [-0.05, 0) is 35.9 Å². The van der Waals surface area contributed by atoms with Crippen LogP contribution < -0.4 is 9.64 Å². The van der Waals surface area contributed by atoms with Gasteiger partial charge >= 0.3 is 5.97 Å². The van der Waals surface area contributed by atoms with E-state index in [1.807, 2.05) is 30.3 Å². The molecule has 1 heterocycles. The SMILES string of the molecule is O=C(C=Cc1ccccc1)Oc1ccc(N2C(=O)C=CC2=O)cc1. The van der Waals surface area contributed by atoms with Gasteiger partial charge < -0.3 is 4.74 Å². The number of anilines is 1. The number of nitrogens with zero attached hydrogens (tertiary/aromatic N) is 1. The molecule has 0 saturated carbocycles. The largest absolute Gasteiger partial charge is 0.423 e. The van der Waals surface area contributed by atoms with Gasteiger partial charge in [0.1, 0.15) is 5.75 Å². The molecule has 0 atom stereocenters. The molecule has 0 saturated heterocycles. The first-order valence-corrected chi connectivity index (χ1v) is 7.24. The summed E-state index contributed by atoms with van der Waals surface area (Å²) in [5, 5.41) is 0. The van der Waals surface area contributed by atoms with E-state index in [9.17, 15) is 14.4 Å². The molecular formula is C19H13NO4. The van der Waals surface area contributed by atoms with E-state index in [-0.39, 0.29) is 0 Å². The first-order chi connectivity index (χ1) is 11.6. The van der Waals surface area contributed by atoms with Crippen LogP contribution in [-0.4, -0.2) is 17.8 Å². The van der Waals surface area contributed by atoms with Crippen LogP contribution in [0, 0.1) is 0 Å². The van der Waals surface area contributed by atoms with Crippen molar-refractivity contribution >= 4 is 29.5 Å². The topological polar surface area (TPSA) is 63.7 Å². The molecule has 0 radical (unpaired) electrons. The molecule has 0 N–H and O–H groups in total. The molecule has 0 spiro atoms. The molecule has 0 bridgehead atoms. The van der Waals surface area contributed by atoms with Crippen molar-refractivity contribution in [3.8, 4) is 5.75 Å². The Hall–Kier alpha value is -3.47. The standard InChI is InChI=1S/C19H13NO4/c21-17-11-12-18(22)20(17)15-7-9-16(10-8-15)24-19(23)13-6-14-4-2-1-3-5-14/h1-13H. The van der Waals surface area contributed by atoms with Crippen LogP contribution in [0.15, 0.2) is 72.8 Å². The predicted molar refractivity (Wildman–Crippen MR) is 89.2 cm³/mol. The van der Waals surface area contributed by atoms with Gasteiger partial charge in [0, 0.05) is 18.2 Å².